The van der Waals surface area contributed by atoms with Gasteiger partial charge in [-0.3, -0.25) is 9.69 Å². The minimum absolute atomic E-state index is 0.125. The minimum atomic E-state index is -0.125. The van der Waals surface area contributed by atoms with E-state index in [1.807, 2.05) is 24.7 Å². The Hall–Kier alpha value is -2.21. The van der Waals surface area contributed by atoms with E-state index in [0.717, 1.165) is 51.0 Å². The average Bonchev–Trinajstić information content (AvgIpc) is 3.19. The van der Waals surface area contributed by atoms with Crippen LogP contribution in [0.1, 0.15) is 31.2 Å². The van der Waals surface area contributed by atoms with Crippen molar-refractivity contribution in [2.45, 2.75) is 44.8 Å². The highest BCUT2D eigenvalue weighted by Gasteiger charge is 2.38. The van der Waals surface area contributed by atoms with Crippen molar-refractivity contribution in [1.29, 1.82) is 0 Å². The topological polar surface area (TPSA) is 41.4 Å². The van der Waals surface area contributed by atoms with E-state index in [-0.39, 0.29) is 5.82 Å². The van der Waals surface area contributed by atoms with Gasteiger partial charge in [0.25, 0.3) is 0 Å². The summed E-state index contributed by atoms with van der Waals surface area (Å²) in [4.78, 5) is 21.0. The normalized spacial score (nSPS) is 23.4. The molecule has 2 atom stereocenters. The largest absolute Gasteiger partial charge is 0.339 e. The van der Waals surface area contributed by atoms with Crippen molar-refractivity contribution in [1.82, 2.24) is 19.4 Å². The zero-order valence-electron chi connectivity index (χ0n) is 15.6. The number of aromatic nitrogens is 2. The molecule has 4 rings (SSSR count). The third-order valence-corrected chi connectivity index (χ3v) is 5.95. The van der Waals surface area contributed by atoms with Gasteiger partial charge in [-0.25, -0.2) is 9.37 Å². The minimum Gasteiger partial charge on any atom is -0.339 e. The van der Waals surface area contributed by atoms with Gasteiger partial charge in [0.1, 0.15) is 5.82 Å². The lowest BCUT2D eigenvalue weighted by Gasteiger charge is -2.47. The fourth-order valence-corrected chi connectivity index (χ4v) is 4.57. The monoisotopic (exact) mass is 370 g/mol. The maximum absolute atomic E-state index is 14.0. The smallest absolute Gasteiger partial charge is 0.222 e. The SMILES string of the molecule is O=C1CC[C@@H]2CN(Cc3ccccc3F)CC[C@@H]2N1CCCn1ccnc1. The summed E-state index contributed by atoms with van der Waals surface area (Å²) < 4.78 is 16.0. The second kappa shape index (κ2) is 8.21. The number of carbonyl (C=O) groups is 1. The van der Waals surface area contributed by atoms with Crippen LogP contribution in [0.15, 0.2) is 43.0 Å². The highest BCUT2D eigenvalue weighted by Crippen LogP contribution is 2.32. The molecule has 2 saturated heterocycles. The standard InChI is InChI=1S/C21H27FN4O/c22-19-5-2-1-4-17(19)14-25-12-8-20-18(15-25)6-7-21(27)26(20)11-3-10-24-13-9-23-16-24/h1-2,4-5,9,13,16,18,20H,3,6-8,10-12,14-15H2/t18-,20+/m1/s1. The van der Waals surface area contributed by atoms with Crippen LogP contribution in [0.3, 0.4) is 0 Å². The summed E-state index contributed by atoms with van der Waals surface area (Å²) in [6.07, 6.45) is 9.09. The van der Waals surface area contributed by atoms with E-state index in [0.29, 0.717) is 30.8 Å². The molecule has 5 nitrogen and oxygen atoms in total. The lowest BCUT2D eigenvalue weighted by Crippen LogP contribution is -2.56. The molecular formula is C21H27FN4O. The number of amides is 1. The lowest BCUT2D eigenvalue weighted by molar-refractivity contribution is -0.141. The Bertz CT molecular complexity index is 763. The van der Waals surface area contributed by atoms with E-state index in [1.54, 1.807) is 12.3 Å². The molecule has 2 fully saturated rings. The third kappa shape index (κ3) is 4.21. The van der Waals surface area contributed by atoms with Crippen molar-refractivity contribution in [2.24, 2.45) is 5.92 Å². The zero-order chi connectivity index (χ0) is 18.6. The number of rotatable bonds is 6. The number of piperidine rings is 2. The van der Waals surface area contributed by atoms with Crippen molar-refractivity contribution in [3.8, 4) is 0 Å². The molecule has 1 amide bonds. The molecule has 6 heteroatoms. The van der Waals surface area contributed by atoms with Gasteiger partial charge in [-0.2, -0.15) is 0 Å². The Morgan fingerprint density at radius 2 is 2.07 bits per heavy atom. The first-order valence-electron chi connectivity index (χ1n) is 9.91. The first-order valence-corrected chi connectivity index (χ1v) is 9.91. The molecule has 0 bridgehead atoms. The molecule has 1 aromatic carbocycles. The predicted octanol–water partition coefficient (Wildman–Crippen LogP) is 2.93. The molecule has 0 radical (unpaired) electrons. The molecular weight excluding hydrogens is 343 g/mol. The Kier molecular flexibility index (Phi) is 5.53. The summed E-state index contributed by atoms with van der Waals surface area (Å²) in [7, 11) is 0. The van der Waals surface area contributed by atoms with Crippen LogP contribution in [0.4, 0.5) is 4.39 Å². The maximum Gasteiger partial charge on any atom is 0.222 e. The molecule has 0 N–H and O–H groups in total. The van der Waals surface area contributed by atoms with Gasteiger partial charge in [0, 0.05) is 63.1 Å². The number of halogens is 1. The number of hydrogen-bond acceptors (Lipinski definition) is 3. The number of nitrogens with zero attached hydrogens (tertiary/aromatic N) is 4. The molecule has 1 aromatic heterocycles. The first kappa shape index (κ1) is 18.2. The summed E-state index contributed by atoms with van der Waals surface area (Å²) in [6, 6.07) is 7.37. The van der Waals surface area contributed by atoms with Crippen molar-refractivity contribution >= 4 is 5.91 Å². The van der Waals surface area contributed by atoms with Crippen molar-refractivity contribution in [3.05, 3.63) is 54.4 Å². The number of benzene rings is 1. The van der Waals surface area contributed by atoms with Crippen LogP contribution >= 0.6 is 0 Å². The van der Waals surface area contributed by atoms with Crippen LogP contribution < -0.4 is 0 Å². The molecule has 0 aliphatic carbocycles. The van der Waals surface area contributed by atoms with Gasteiger partial charge in [-0.1, -0.05) is 18.2 Å². The van der Waals surface area contributed by atoms with Gasteiger partial charge in [0.15, 0.2) is 0 Å². The van der Waals surface area contributed by atoms with E-state index in [4.69, 9.17) is 0 Å². The van der Waals surface area contributed by atoms with Crippen LogP contribution in [0.25, 0.3) is 0 Å². The number of hydrogen-bond donors (Lipinski definition) is 0. The number of imidazole rings is 1. The lowest BCUT2D eigenvalue weighted by atomic mass is 9.83. The predicted molar refractivity (Wildman–Crippen MR) is 101 cm³/mol. The Morgan fingerprint density at radius 1 is 1.19 bits per heavy atom. The van der Waals surface area contributed by atoms with Crippen LogP contribution in [0, 0.1) is 11.7 Å². The van der Waals surface area contributed by atoms with Gasteiger partial charge in [0.2, 0.25) is 5.91 Å². The van der Waals surface area contributed by atoms with E-state index in [2.05, 4.69) is 19.4 Å². The first-order chi connectivity index (χ1) is 13.2. The fraction of sp³-hybridized carbons (Fsp3) is 0.524. The molecule has 0 spiro atoms. The second-order valence-electron chi connectivity index (χ2n) is 7.72. The van der Waals surface area contributed by atoms with E-state index < -0.39 is 0 Å². The van der Waals surface area contributed by atoms with Gasteiger partial charge in [-0.05, 0) is 31.2 Å². The van der Waals surface area contributed by atoms with Crippen LogP contribution in [0.5, 0.6) is 0 Å². The van der Waals surface area contributed by atoms with Gasteiger partial charge < -0.3 is 9.47 Å². The highest BCUT2D eigenvalue weighted by atomic mass is 19.1. The Morgan fingerprint density at radius 3 is 2.89 bits per heavy atom. The molecule has 2 aliphatic heterocycles. The highest BCUT2D eigenvalue weighted by molar-refractivity contribution is 5.77. The Balaban J connectivity index is 1.34. The summed E-state index contributed by atoms with van der Waals surface area (Å²) >= 11 is 0. The zero-order valence-corrected chi connectivity index (χ0v) is 15.6. The van der Waals surface area contributed by atoms with Crippen molar-refractivity contribution < 1.29 is 9.18 Å². The number of fused-ring (bicyclic) bond motifs is 1. The molecule has 2 aromatic rings. The molecule has 2 aliphatic rings. The summed E-state index contributed by atoms with van der Waals surface area (Å²) in [5.74, 6) is 0.667. The summed E-state index contributed by atoms with van der Waals surface area (Å²) in [5, 5.41) is 0. The second-order valence-corrected chi connectivity index (χ2v) is 7.72. The molecule has 27 heavy (non-hydrogen) atoms. The van der Waals surface area contributed by atoms with E-state index >= 15 is 0 Å². The molecule has 0 unspecified atom stereocenters. The average molecular weight is 370 g/mol. The maximum atomic E-state index is 14.0. The van der Waals surface area contributed by atoms with Crippen molar-refractivity contribution in [3.63, 3.8) is 0 Å². The van der Waals surface area contributed by atoms with Gasteiger partial charge >= 0.3 is 0 Å². The van der Waals surface area contributed by atoms with Crippen LogP contribution in [-0.2, 0) is 17.9 Å². The van der Waals surface area contributed by atoms with Crippen LogP contribution in [0.2, 0.25) is 0 Å². The van der Waals surface area contributed by atoms with Gasteiger partial charge in [-0.15, -0.1) is 0 Å². The Labute approximate surface area is 159 Å². The number of aryl methyl sites for hydroxylation is 1. The van der Waals surface area contributed by atoms with E-state index in [1.165, 1.54) is 6.07 Å². The summed E-state index contributed by atoms with van der Waals surface area (Å²) in [5.41, 5.74) is 0.764. The van der Waals surface area contributed by atoms with E-state index in [9.17, 15) is 9.18 Å². The van der Waals surface area contributed by atoms with Crippen LogP contribution in [-0.4, -0.2) is 50.9 Å². The van der Waals surface area contributed by atoms with Crippen molar-refractivity contribution in [2.75, 3.05) is 19.6 Å². The molecule has 3 heterocycles. The number of likely N-dealkylation sites (tertiary alicyclic amines) is 2. The summed E-state index contributed by atoms with van der Waals surface area (Å²) in [6.45, 7) is 4.22. The number of carbonyl (C=O) groups excluding carboxylic acids is 1. The van der Waals surface area contributed by atoms with Gasteiger partial charge in [0.05, 0.1) is 6.33 Å². The molecule has 144 valence electrons. The quantitative estimate of drug-likeness (QED) is 0.785. The third-order valence-electron chi connectivity index (χ3n) is 5.95. The fourth-order valence-electron chi connectivity index (χ4n) is 4.57. The molecule has 0 saturated carbocycles.